The summed E-state index contributed by atoms with van der Waals surface area (Å²) in [5.41, 5.74) is 11.0. The van der Waals surface area contributed by atoms with Crippen molar-refractivity contribution in [2.45, 2.75) is 26.2 Å². The molecule has 8 aromatic rings. The summed E-state index contributed by atoms with van der Waals surface area (Å²) in [5.74, 6) is 0. The maximum atomic E-state index is 6.96. The van der Waals surface area contributed by atoms with Gasteiger partial charge in [-0.1, -0.05) is 129 Å². The van der Waals surface area contributed by atoms with Crippen molar-refractivity contribution in [3.63, 3.8) is 0 Å². The highest BCUT2D eigenvalue weighted by atomic mass is 35.5. The van der Waals surface area contributed by atoms with Crippen LogP contribution in [-0.2, 0) is 5.41 Å². The summed E-state index contributed by atoms with van der Waals surface area (Å²) in [6.07, 6.45) is 0. The van der Waals surface area contributed by atoms with Crippen molar-refractivity contribution in [1.29, 1.82) is 0 Å². The molecule has 0 amide bonds. The Hall–Kier alpha value is -5.48. The quantitative estimate of drug-likeness (QED) is 0.165. The molecule has 0 fully saturated rings. The van der Waals surface area contributed by atoms with Crippen molar-refractivity contribution in [2.24, 2.45) is 0 Å². The maximum Gasteiger partial charge on any atom is 0.135 e. The minimum Gasteiger partial charge on any atom is -0.456 e. The van der Waals surface area contributed by atoms with E-state index < -0.39 is 0 Å². The third-order valence-electron chi connectivity index (χ3n) is 9.34. The van der Waals surface area contributed by atoms with Crippen LogP contribution in [0.4, 0.5) is 34.1 Å². The lowest BCUT2D eigenvalue weighted by molar-refractivity contribution is 0.590. The summed E-state index contributed by atoms with van der Waals surface area (Å²) in [6, 6.07) is 56.8. The van der Waals surface area contributed by atoms with Crippen molar-refractivity contribution in [1.82, 2.24) is 0 Å². The van der Waals surface area contributed by atoms with E-state index in [2.05, 4.69) is 158 Å². The van der Waals surface area contributed by atoms with Gasteiger partial charge in [0.15, 0.2) is 0 Å². The second kappa shape index (κ2) is 13.3. The van der Waals surface area contributed by atoms with Gasteiger partial charge in [0.25, 0.3) is 0 Å². The van der Waals surface area contributed by atoms with E-state index in [1.165, 1.54) is 5.56 Å². The molecule has 250 valence electrons. The van der Waals surface area contributed by atoms with Crippen LogP contribution in [0, 0.1) is 0 Å². The molecule has 3 nitrogen and oxygen atoms in total. The smallest absolute Gasteiger partial charge is 0.135 e. The number of hydrogen-bond acceptors (Lipinski definition) is 3. The molecule has 7 aromatic carbocycles. The summed E-state index contributed by atoms with van der Waals surface area (Å²) in [6.45, 7) is 6.67. The Morgan fingerprint density at radius 2 is 1.04 bits per heavy atom. The van der Waals surface area contributed by atoms with Gasteiger partial charge in [-0.3, -0.25) is 0 Å². The van der Waals surface area contributed by atoms with E-state index in [1.54, 1.807) is 0 Å². The maximum absolute atomic E-state index is 6.96. The molecule has 0 radical (unpaired) electrons. The minimum absolute atomic E-state index is 0.0210. The summed E-state index contributed by atoms with van der Waals surface area (Å²) in [5, 5.41) is 3.15. The van der Waals surface area contributed by atoms with Gasteiger partial charge in [0.05, 0.1) is 15.7 Å². The average Bonchev–Trinajstić information content (AvgIpc) is 3.52. The van der Waals surface area contributed by atoms with Gasteiger partial charge in [-0.2, -0.15) is 0 Å². The molecule has 0 aliphatic heterocycles. The zero-order valence-electron chi connectivity index (χ0n) is 28.6. The number of para-hydroxylation sites is 1. The van der Waals surface area contributed by atoms with Crippen LogP contribution in [0.1, 0.15) is 26.3 Å². The lowest BCUT2D eigenvalue weighted by Crippen LogP contribution is -2.14. The van der Waals surface area contributed by atoms with Gasteiger partial charge < -0.3 is 14.2 Å². The SMILES string of the molecule is CC(C)(C)c1ccc(N(c2cccc(N(c3cccc(-c4ccccc4)c3)c3ccc4oc5ccccc5c4c3)c2)c2cccc(Cl)c2Cl)cc1. The molecule has 0 N–H and O–H groups in total. The fourth-order valence-electron chi connectivity index (χ4n) is 6.73. The number of benzene rings is 7. The lowest BCUT2D eigenvalue weighted by Gasteiger charge is -2.30. The van der Waals surface area contributed by atoms with Crippen LogP contribution >= 0.6 is 23.2 Å². The first kappa shape index (κ1) is 32.7. The fourth-order valence-corrected chi connectivity index (χ4v) is 7.11. The van der Waals surface area contributed by atoms with Gasteiger partial charge in [-0.05, 0) is 101 Å². The molecule has 0 spiro atoms. The molecule has 0 atom stereocenters. The summed E-state index contributed by atoms with van der Waals surface area (Å²) >= 11 is 13.6. The second-order valence-electron chi connectivity index (χ2n) is 13.8. The minimum atomic E-state index is 0.0210. The van der Waals surface area contributed by atoms with Crippen molar-refractivity contribution in [2.75, 3.05) is 9.80 Å². The van der Waals surface area contributed by atoms with Crippen LogP contribution in [0.3, 0.4) is 0 Å². The number of hydrogen-bond donors (Lipinski definition) is 0. The van der Waals surface area contributed by atoms with Gasteiger partial charge in [-0.15, -0.1) is 0 Å². The van der Waals surface area contributed by atoms with Crippen LogP contribution in [0.15, 0.2) is 168 Å². The van der Waals surface area contributed by atoms with Crippen molar-refractivity contribution < 1.29 is 4.42 Å². The highest BCUT2D eigenvalue weighted by Crippen LogP contribution is 2.45. The fraction of sp³-hybridized carbons (Fsp3) is 0.0870. The molecule has 5 heteroatoms. The van der Waals surface area contributed by atoms with E-state index in [-0.39, 0.29) is 5.41 Å². The van der Waals surface area contributed by atoms with Crippen molar-refractivity contribution in [3.8, 4) is 11.1 Å². The molecule has 51 heavy (non-hydrogen) atoms. The monoisotopic (exact) mass is 702 g/mol. The number of furan rings is 1. The normalized spacial score (nSPS) is 11.6. The predicted molar refractivity (Wildman–Crippen MR) is 217 cm³/mol. The van der Waals surface area contributed by atoms with Gasteiger partial charge in [-0.25, -0.2) is 0 Å². The predicted octanol–water partition coefficient (Wildman–Crippen LogP) is 14.8. The molecule has 0 saturated heterocycles. The van der Waals surface area contributed by atoms with Gasteiger partial charge >= 0.3 is 0 Å². The number of rotatable bonds is 7. The van der Waals surface area contributed by atoms with Crippen LogP contribution in [0.25, 0.3) is 33.1 Å². The van der Waals surface area contributed by atoms with Crippen molar-refractivity contribution >= 4 is 79.3 Å². The van der Waals surface area contributed by atoms with Gasteiger partial charge in [0.1, 0.15) is 11.2 Å². The first-order chi connectivity index (χ1) is 24.7. The number of anilines is 6. The molecule has 0 aliphatic rings. The van der Waals surface area contributed by atoms with Crippen LogP contribution in [0.5, 0.6) is 0 Å². The molecule has 1 heterocycles. The highest BCUT2D eigenvalue weighted by molar-refractivity contribution is 6.44. The summed E-state index contributed by atoms with van der Waals surface area (Å²) in [7, 11) is 0. The second-order valence-corrected chi connectivity index (χ2v) is 14.5. The summed E-state index contributed by atoms with van der Waals surface area (Å²) in [4.78, 5) is 4.48. The molecule has 0 bridgehead atoms. The zero-order chi connectivity index (χ0) is 35.1. The molecular formula is C46H36Cl2N2O. The number of nitrogens with zero attached hydrogens (tertiary/aromatic N) is 2. The lowest BCUT2D eigenvalue weighted by atomic mass is 9.87. The molecule has 8 rings (SSSR count). The Morgan fingerprint density at radius 3 is 1.80 bits per heavy atom. The Balaban J connectivity index is 1.32. The number of halogens is 2. The highest BCUT2D eigenvalue weighted by Gasteiger charge is 2.22. The third kappa shape index (κ3) is 6.36. The molecule has 0 unspecified atom stereocenters. The van der Waals surface area contributed by atoms with Crippen LogP contribution in [0.2, 0.25) is 10.0 Å². The van der Waals surface area contributed by atoms with Gasteiger partial charge in [0, 0.05) is 39.2 Å². The molecular weight excluding hydrogens is 667 g/mol. The van der Waals surface area contributed by atoms with E-state index in [9.17, 15) is 0 Å². The Morgan fingerprint density at radius 1 is 0.451 bits per heavy atom. The first-order valence-corrected chi connectivity index (χ1v) is 17.8. The summed E-state index contributed by atoms with van der Waals surface area (Å²) < 4.78 is 6.23. The Labute approximate surface area is 308 Å². The van der Waals surface area contributed by atoms with Gasteiger partial charge in [0.2, 0.25) is 0 Å². The van der Waals surface area contributed by atoms with E-state index >= 15 is 0 Å². The van der Waals surface area contributed by atoms with Crippen molar-refractivity contribution in [3.05, 3.63) is 179 Å². The van der Waals surface area contributed by atoms with E-state index in [4.69, 9.17) is 27.6 Å². The zero-order valence-corrected chi connectivity index (χ0v) is 30.2. The van der Waals surface area contributed by atoms with Crippen LogP contribution < -0.4 is 9.80 Å². The molecule has 0 aliphatic carbocycles. The average molecular weight is 704 g/mol. The third-order valence-corrected chi connectivity index (χ3v) is 10.1. The topological polar surface area (TPSA) is 19.6 Å². The largest absolute Gasteiger partial charge is 0.456 e. The van der Waals surface area contributed by atoms with E-state index in [1.807, 2.05) is 36.4 Å². The van der Waals surface area contributed by atoms with Crippen LogP contribution in [-0.4, -0.2) is 0 Å². The standard InChI is InChI=1S/C46H36Cl2N2O/c1-46(2,3)33-22-24-34(25-23-33)50(42-20-11-19-41(47)45(42)48)37-17-10-16-36(29-37)49(35-15-9-14-32(28-35)31-12-5-4-6-13-31)38-26-27-44-40(30-38)39-18-7-8-21-43(39)51-44/h4-30H,1-3H3. The Bertz CT molecular complexity index is 2500. The van der Waals surface area contributed by atoms with E-state index in [0.29, 0.717) is 10.0 Å². The van der Waals surface area contributed by atoms with E-state index in [0.717, 1.165) is 67.2 Å². The number of fused-ring (bicyclic) bond motifs is 3. The molecule has 0 saturated carbocycles. The first-order valence-electron chi connectivity index (χ1n) is 17.1. The molecule has 1 aromatic heterocycles. The Kier molecular flexibility index (Phi) is 8.55.